The van der Waals surface area contributed by atoms with E-state index in [0.717, 1.165) is 12.8 Å². The fraction of sp³-hybridized carbons (Fsp3) is 0.562. The molecule has 180 valence electrons. The smallest absolute Gasteiger partial charge is 0.134 e. The highest BCUT2D eigenvalue weighted by Gasteiger charge is 2.67. The van der Waals surface area contributed by atoms with Crippen LogP contribution in [-0.4, -0.2) is 11.6 Å². The number of unbranched alkanes of at least 4 members (excludes halogenated alkanes) is 6. The third-order valence-electron chi connectivity index (χ3n) is 9.04. The van der Waals surface area contributed by atoms with Crippen LogP contribution in [0.25, 0.3) is 11.1 Å². The van der Waals surface area contributed by atoms with Gasteiger partial charge in [0.25, 0.3) is 0 Å². The monoisotopic (exact) mass is 456 g/mol. The van der Waals surface area contributed by atoms with Gasteiger partial charge in [-0.05, 0) is 59.1 Å². The van der Waals surface area contributed by atoms with Gasteiger partial charge in [0.05, 0.1) is 0 Å². The predicted octanol–water partition coefficient (Wildman–Crippen LogP) is 7.81. The molecular formula is C32H40O2. The van der Waals surface area contributed by atoms with Gasteiger partial charge in [0.1, 0.15) is 11.6 Å². The van der Waals surface area contributed by atoms with Crippen molar-refractivity contribution in [2.24, 2.45) is 0 Å². The van der Waals surface area contributed by atoms with Gasteiger partial charge in [0, 0.05) is 36.5 Å². The Morgan fingerprint density at radius 2 is 1.00 bits per heavy atom. The molecule has 0 bridgehead atoms. The lowest BCUT2D eigenvalue weighted by atomic mass is 9.55. The zero-order valence-corrected chi connectivity index (χ0v) is 21.2. The topological polar surface area (TPSA) is 34.1 Å². The Labute approximate surface area is 205 Å². The zero-order chi connectivity index (χ0) is 23.8. The average molecular weight is 457 g/mol. The minimum Gasteiger partial charge on any atom is -0.300 e. The Bertz CT molecular complexity index is 989. The molecular weight excluding hydrogens is 416 g/mol. The van der Waals surface area contributed by atoms with Crippen molar-refractivity contribution in [1.29, 1.82) is 0 Å². The van der Waals surface area contributed by atoms with E-state index in [1.165, 1.54) is 84.7 Å². The second-order valence-corrected chi connectivity index (χ2v) is 11.3. The zero-order valence-electron chi connectivity index (χ0n) is 21.2. The fourth-order valence-corrected chi connectivity index (χ4v) is 7.46. The van der Waals surface area contributed by atoms with E-state index in [9.17, 15) is 9.59 Å². The quantitative estimate of drug-likeness (QED) is 0.342. The van der Waals surface area contributed by atoms with Gasteiger partial charge in [-0.15, -0.1) is 0 Å². The molecule has 0 saturated heterocycles. The first-order chi connectivity index (χ1) is 16.5. The van der Waals surface area contributed by atoms with Gasteiger partial charge >= 0.3 is 0 Å². The van der Waals surface area contributed by atoms with E-state index < -0.39 is 0 Å². The van der Waals surface area contributed by atoms with E-state index in [2.05, 4.69) is 50.2 Å². The highest BCUT2D eigenvalue weighted by Crippen LogP contribution is 2.67. The van der Waals surface area contributed by atoms with Crippen LogP contribution in [-0.2, 0) is 33.3 Å². The number of hydrogen-bond donors (Lipinski definition) is 0. The molecule has 3 aliphatic rings. The van der Waals surface area contributed by atoms with E-state index in [1.807, 2.05) is 0 Å². The van der Waals surface area contributed by atoms with Gasteiger partial charge in [0.15, 0.2) is 0 Å². The maximum Gasteiger partial charge on any atom is 0.134 e. The van der Waals surface area contributed by atoms with Crippen molar-refractivity contribution in [3.05, 3.63) is 58.7 Å². The molecule has 5 rings (SSSR count). The van der Waals surface area contributed by atoms with E-state index in [-0.39, 0.29) is 10.8 Å². The number of Topliss-reactive ketones (excluding diaryl/α,β-unsaturated/α-hetero) is 2. The number of rotatable bonds is 10. The Kier molecular flexibility index (Phi) is 6.53. The minimum atomic E-state index is -0.327. The van der Waals surface area contributed by atoms with Crippen molar-refractivity contribution < 1.29 is 9.59 Å². The first kappa shape index (κ1) is 23.5. The number of ketones is 2. The normalized spacial score (nSPS) is 24.6. The third kappa shape index (κ3) is 3.78. The fourth-order valence-electron chi connectivity index (χ4n) is 7.46. The van der Waals surface area contributed by atoms with Gasteiger partial charge in [-0.2, -0.15) is 0 Å². The number of carbonyl (C=O) groups excluding carboxylic acids is 2. The molecule has 0 unspecified atom stereocenters. The van der Waals surface area contributed by atoms with Crippen molar-refractivity contribution in [3.63, 3.8) is 0 Å². The Morgan fingerprint density at radius 1 is 0.588 bits per heavy atom. The van der Waals surface area contributed by atoms with Crippen LogP contribution in [0.1, 0.15) is 113 Å². The summed E-state index contributed by atoms with van der Waals surface area (Å²) in [4.78, 5) is 25.9. The highest BCUT2D eigenvalue weighted by molar-refractivity contribution is 5.99. The lowest BCUT2D eigenvalue weighted by Gasteiger charge is -2.46. The molecule has 3 aliphatic carbocycles. The summed E-state index contributed by atoms with van der Waals surface area (Å²) < 4.78 is 0. The maximum absolute atomic E-state index is 13.0. The molecule has 0 atom stereocenters. The van der Waals surface area contributed by atoms with Crippen molar-refractivity contribution >= 4 is 11.6 Å². The lowest BCUT2D eigenvalue weighted by Crippen LogP contribution is -2.43. The molecule has 2 fully saturated rings. The summed E-state index contributed by atoms with van der Waals surface area (Å²) in [5, 5.41) is 0. The van der Waals surface area contributed by atoms with E-state index >= 15 is 0 Å². The minimum absolute atomic E-state index is 0.327. The molecule has 2 saturated carbocycles. The Morgan fingerprint density at radius 3 is 1.38 bits per heavy atom. The van der Waals surface area contributed by atoms with Gasteiger partial charge in [-0.1, -0.05) is 88.8 Å². The largest absolute Gasteiger partial charge is 0.300 e. The van der Waals surface area contributed by atoms with Crippen molar-refractivity contribution in [2.45, 2.75) is 115 Å². The van der Waals surface area contributed by atoms with Gasteiger partial charge in [-0.3, -0.25) is 9.59 Å². The summed E-state index contributed by atoms with van der Waals surface area (Å²) in [5.74, 6) is 0.664. The number of carbonyl (C=O) groups is 2. The van der Waals surface area contributed by atoms with Crippen molar-refractivity contribution in [2.75, 3.05) is 0 Å². The molecule has 0 amide bonds. The second kappa shape index (κ2) is 9.44. The highest BCUT2D eigenvalue weighted by atomic mass is 16.1. The van der Waals surface area contributed by atoms with Crippen LogP contribution in [0, 0.1) is 0 Å². The Hall–Kier alpha value is -2.22. The van der Waals surface area contributed by atoms with Crippen LogP contribution in [0.4, 0.5) is 0 Å². The van der Waals surface area contributed by atoms with E-state index in [4.69, 9.17) is 0 Å². The molecule has 2 aromatic rings. The summed E-state index contributed by atoms with van der Waals surface area (Å²) in [6, 6.07) is 14.0. The van der Waals surface area contributed by atoms with Crippen LogP contribution in [0.2, 0.25) is 0 Å². The number of fused-ring (bicyclic) bond motifs is 3. The van der Waals surface area contributed by atoms with Gasteiger partial charge < -0.3 is 0 Å². The summed E-state index contributed by atoms with van der Waals surface area (Å²) in [7, 11) is 0. The molecule has 34 heavy (non-hydrogen) atoms. The van der Waals surface area contributed by atoms with E-state index in [1.54, 1.807) is 0 Å². The summed E-state index contributed by atoms with van der Waals surface area (Å²) in [6.07, 6.45) is 14.4. The molecule has 0 radical (unpaired) electrons. The second-order valence-electron chi connectivity index (χ2n) is 11.3. The molecule has 2 nitrogen and oxygen atoms in total. The molecule has 0 spiro atoms. The van der Waals surface area contributed by atoms with Crippen molar-refractivity contribution in [3.8, 4) is 11.1 Å². The summed E-state index contributed by atoms with van der Waals surface area (Å²) in [6.45, 7) is 4.51. The predicted molar refractivity (Wildman–Crippen MR) is 139 cm³/mol. The van der Waals surface area contributed by atoms with Crippen LogP contribution in [0.15, 0.2) is 36.4 Å². The van der Waals surface area contributed by atoms with E-state index in [0.29, 0.717) is 37.2 Å². The number of hydrogen-bond acceptors (Lipinski definition) is 2. The van der Waals surface area contributed by atoms with Gasteiger partial charge in [0.2, 0.25) is 0 Å². The SMILES string of the molecule is CCCCCCc1ccc2c(c1)-c1cc(CCCCCC)ccc1[C@]13CC(=O)C[C@]21CC(=O)C3. The number of benzene rings is 2. The molecule has 2 aromatic carbocycles. The summed E-state index contributed by atoms with van der Waals surface area (Å²) >= 11 is 0. The first-order valence-corrected chi connectivity index (χ1v) is 13.8. The maximum atomic E-state index is 13.0. The third-order valence-corrected chi connectivity index (χ3v) is 9.04. The van der Waals surface area contributed by atoms with Crippen LogP contribution in [0.3, 0.4) is 0 Å². The molecule has 0 N–H and O–H groups in total. The summed E-state index contributed by atoms with van der Waals surface area (Å²) in [5.41, 5.74) is 7.30. The van der Waals surface area contributed by atoms with Gasteiger partial charge in [-0.25, -0.2) is 0 Å². The lowest BCUT2D eigenvalue weighted by molar-refractivity contribution is -0.120. The average Bonchev–Trinajstić information content (AvgIpc) is 3.27. The van der Waals surface area contributed by atoms with Crippen molar-refractivity contribution in [1.82, 2.24) is 0 Å². The molecule has 0 aromatic heterocycles. The van der Waals surface area contributed by atoms with Crippen LogP contribution in [0.5, 0.6) is 0 Å². The van der Waals surface area contributed by atoms with Crippen LogP contribution < -0.4 is 0 Å². The molecule has 0 heterocycles. The molecule has 0 aliphatic heterocycles. The standard InChI is InChI=1S/C32H40O2/c1-3-5-7-9-11-23-13-15-29-27(17-23)28-18-24(12-10-8-6-4-2)14-16-30(28)32-21-25(33)19-31(29,32)20-26(34)22-32/h13-18H,3-12,19-22H2,1-2H3/t31-,32+. The molecule has 2 heteroatoms. The Balaban J connectivity index is 1.58. The number of aryl methyl sites for hydroxylation is 2. The van der Waals surface area contributed by atoms with Crippen LogP contribution >= 0.6 is 0 Å². The first-order valence-electron chi connectivity index (χ1n) is 13.8.